The van der Waals surface area contributed by atoms with Gasteiger partial charge in [0, 0.05) is 10.6 Å². The monoisotopic (exact) mass is 432 g/mol. The SMILES string of the molecule is Cc1ccc(S(=O)(=O)N2CC[NH+](CC(=O)Nc3ccc(F)c(Cl)c3)CC2)s1. The maximum Gasteiger partial charge on any atom is 0.279 e. The van der Waals surface area contributed by atoms with Crippen molar-refractivity contribution in [2.75, 3.05) is 38.0 Å². The molecule has 27 heavy (non-hydrogen) atoms. The first-order chi connectivity index (χ1) is 12.8. The second-order valence-corrected chi connectivity index (χ2v) is 10.2. The summed E-state index contributed by atoms with van der Waals surface area (Å²) in [6.45, 7) is 3.90. The third-order valence-electron chi connectivity index (χ3n) is 4.35. The first-order valence-corrected chi connectivity index (χ1v) is 11.0. The Bertz CT molecular complexity index is 941. The number of carbonyl (C=O) groups is 1. The van der Waals surface area contributed by atoms with E-state index in [9.17, 15) is 17.6 Å². The van der Waals surface area contributed by atoms with Crippen LogP contribution >= 0.6 is 22.9 Å². The van der Waals surface area contributed by atoms with E-state index in [0.29, 0.717) is 36.1 Å². The van der Waals surface area contributed by atoms with Crippen molar-refractivity contribution in [2.24, 2.45) is 0 Å². The summed E-state index contributed by atoms with van der Waals surface area (Å²) in [5.74, 6) is -0.767. The standard InChI is InChI=1S/C17H19ClFN3O3S2/c1-12-2-5-17(26-12)27(24,25)22-8-6-21(7-9-22)11-16(23)20-13-3-4-15(19)14(18)10-13/h2-5,10H,6-9,11H2,1H3,(H,20,23)/p+1. The Morgan fingerprint density at radius 2 is 2.00 bits per heavy atom. The number of nitrogens with one attached hydrogen (secondary N) is 2. The predicted molar refractivity (Wildman–Crippen MR) is 103 cm³/mol. The van der Waals surface area contributed by atoms with Gasteiger partial charge in [-0.15, -0.1) is 11.3 Å². The molecule has 3 rings (SSSR count). The molecule has 1 fully saturated rings. The molecule has 0 unspecified atom stereocenters. The molecule has 2 heterocycles. The van der Waals surface area contributed by atoms with E-state index in [0.717, 1.165) is 9.78 Å². The van der Waals surface area contributed by atoms with Gasteiger partial charge in [-0.05, 0) is 37.3 Å². The van der Waals surface area contributed by atoms with Gasteiger partial charge in [0.05, 0.1) is 31.2 Å². The minimum absolute atomic E-state index is 0.0530. The van der Waals surface area contributed by atoms with E-state index < -0.39 is 15.8 Å². The van der Waals surface area contributed by atoms with Crippen LogP contribution in [0.4, 0.5) is 10.1 Å². The summed E-state index contributed by atoms with van der Waals surface area (Å²) >= 11 is 6.97. The molecule has 0 saturated carbocycles. The molecule has 0 spiro atoms. The molecule has 1 aliphatic heterocycles. The highest BCUT2D eigenvalue weighted by Gasteiger charge is 2.31. The molecule has 1 amide bonds. The fourth-order valence-corrected chi connectivity index (χ4v) is 5.96. The molecule has 0 atom stereocenters. The fourth-order valence-electron chi connectivity index (χ4n) is 2.90. The highest BCUT2D eigenvalue weighted by atomic mass is 35.5. The van der Waals surface area contributed by atoms with Gasteiger partial charge in [0.2, 0.25) is 0 Å². The van der Waals surface area contributed by atoms with E-state index in [1.807, 2.05) is 6.92 Å². The van der Waals surface area contributed by atoms with Crippen molar-refractivity contribution in [1.29, 1.82) is 0 Å². The number of quaternary nitrogens is 1. The molecule has 1 aromatic carbocycles. The zero-order valence-electron chi connectivity index (χ0n) is 14.7. The summed E-state index contributed by atoms with van der Waals surface area (Å²) in [4.78, 5) is 14.1. The average Bonchev–Trinajstić information content (AvgIpc) is 3.06. The normalized spacial score (nSPS) is 16.4. The number of thiophene rings is 1. The Hall–Kier alpha value is -1.52. The minimum Gasteiger partial charge on any atom is -0.325 e. The molecule has 6 nitrogen and oxygen atoms in total. The number of hydrogen-bond donors (Lipinski definition) is 2. The van der Waals surface area contributed by atoms with Gasteiger partial charge in [0.1, 0.15) is 10.0 Å². The zero-order chi connectivity index (χ0) is 19.6. The molecule has 1 aromatic heterocycles. The largest absolute Gasteiger partial charge is 0.325 e. The van der Waals surface area contributed by atoms with Gasteiger partial charge in [0.15, 0.2) is 6.54 Å². The Balaban J connectivity index is 1.53. The third-order valence-corrected chi connectivity index (χ3v) is 8.01. The van der Waals surface area contributed by atoms with Crippen LogP contribution < -0.4 is 10.2 Å². The number of piperazine rings is 1. The molecule has 146 valence electrons. The second-order valence-electron chi connectivity index (χ2n) is 6.37. The van der Waals surface area contributed by atoms with Gasteiger partial charge in [-0.3, -0.25) is 4.79 Å². The van der Waals surface area contributed by atoms with Crippen LogP contribution in [-0.2, 0) is 14.8 Å². The lowest BCUT2D eigenvalue weighted by Gasteiger charge is -2.30. The van der Waals surface area contributed by atoms with E-state index in [2.05, 4.69) is 5.32 Å². The number of rotatable bonds is 5. The summed E-state index contributed by atoms with van der Waals surface area (Å²) < 4.78 is 40.3. The van der Waals surface area contributed by atoms with Crippen LogP contribution in [0.15, 0.2) is 34.5 Å². The number of anilines is 1. The van der Waals surface area contributed by atoms with Gasteiger partial charge in [0.25, 0.3) is 15.9 Å². The number of nitrogens with zero attached hydrogens (tertiary/aromatic N) is 1. The van der Waals surface area contributed by atoms with E-state index in [1.165, 1.54) is 33.8 Å². The van der Waals surface area contributed by atoms with Crippen molar-refractivity contribution in [3.05, 3.63) is 46.0 Å². The quantitative estimate of drug-likeness (QED) is 0.749. The summed E-state index contributed by atoms with van der Waals surface area (Å²) in [6, 6.07) is 7.43. The summed E-state index contributed by atoms with van der Waals surface area (Å²) in [5, 5.41) is 2.63. The van der Waals surface area contributed by atoms with Crippen molar-refractivity contribution >= 4 is 44.6 Å². The van der Waals surface area contributed by atoms with Crippen LogP contribution in [0.3, 0.4) is 0 Å². The molecule has 1 aliphatic rings. The Morgan fingerprint density at radius 3 is 2.59 bits per heavy atom. The van der Waals surface area contributed by atoms with E-state index >= 15 is 0 Å². The number of sulfonamides is 1. The molecular weight excluding hydrogens is 413 g/mol. The number of hydrogen-bond acceptors (Lipinski definition) is 4. The molecule has 0 radical (unpaired) electrons. The number of amides is 1. The lowest BCUT2D eigenvalue weighted by atomic mass is 10.3. The molecule has 1 saturated heterocycles. The first-order valence-electron chi connectivity index (χ1n) is 8.41. The van der Waals surface area contributed by atoms with Crippen molar-refractivity contribution in [3.63, 3.8) is 0 Å². The first kappa shape index (κ1) is 20.2. The van der Waals surface area contributed by atoms with E-state index in [4.69, 9.17) is 11.6 Å². The Labute approximate surface area is 166 Å². The van der Waals surface area contributed by atoms with Gasteiger partial charge < -0.3 is 10.2 Å². The predicted octanol–water partition coefficient (Wildman–Crippen LogP) is 1.38. The maximum absolute atomic E-state index is 13.2. The molecule has 0 bridgehead atoms. The van der Waals surface area contributed by atoms with Gasteiger partial charge in [-0.25, -0.2) is 12.8 Å². The van der Waals surface area contributed by atoms with E-state index in [-0.39, 0.29) is 17.5 Å². The van der Waals surface area contributed by atoms with Gasteiger partial charge in [-0.2, -0.15) is 4.31 Å². The summed E-state index contributed by atoms with van der Waals surface area (Å²) in [7, 11) is -3.46. The molecule has 10 heteroatoms. The van der Waals surface area contributed by atoms with Crippen LogP contribution in [0.1, 0.15) is 4.88 Å². The number of carbonyl (C=O) groups excluding carboxylic acids is 1. The fraction of sp³-hybridized carbons (Fsp3) is 0.353. The molecule has 2 aromatic rings. The lowest BCUT2D eigenvalue weighted by Crippen LogP contribution is -3.15. The van der Waals surface area contributed by atoms with Crippen LogP contribution in [0.5, 0.6) is 0 Å². The Kier molecular flexibility index (Phi) is 6.17. The van der Waals surface area contributed by atoms with Gasteiger partial charge >= 0.3 is 0 Å². The minimum atomic E-state index is -3.46. The maximum atomic E-state index is 13.2. The second kappa shape index (κ2) is 8.24. The van der Waals surface area contributed by atoms with Gasteiger partial charge in [-0.1, -0.05) is 11.6 Å². The van der Waals surface area contributed by atoms with Crippen LogP contribution in [0.25, 0.3) is 0 Å². The smallest absolute Gasteiger partial charge is 0.279 e. The highest BCUT2D eigenvalue weighted by Crippen LogP contribution is 2.24. The van der Waals surface area contributed by atoms with Crippen LogP contribution in [0, 0.1) is 12.7 Å². The summed E-state index contributed by atoms with van der Waals surface area (Å²) in [5.41, 5.74) is 0.431. The third kappa shape index (κ3) is 4.85. The lowest BCUT2D eigenvalue weighted by molar-refractivity contribution is -0.895. The molecule has 0 aliphatic carbocycles. The average molecular weight is 433 g/mol. The Morgan fingerprint density at radius 1 is 1.30 bits per heavy atom. The van der Waals surface area contributed by atoms with Crippen molar-refractivity contribution in [1.82, 2.24) is 4.31 Å². The van der Waals surface area contributed by atoms with Crippen molar-refractivity contribution in [3.8, 4) is 0 Å². The zero-order valence-corrected chi connectivity index (χ0v) is 17.1. The number of halogens is 2. The topological polar surface area (TPSA) is 70.9 Å². The van der Waals surface area contributed by atoms with Crippen LogP contribution in [0.2, 0.25) is 5.02 Å². The van der Waals surface area contributed by atoms with Crippen molar-refractivity contribution in [2.45, 2.75) is 11.1 Å². The van der Waals surface area contributed by atoms with Crippen molar-refractivity contribution < 1.29 is 22.5 Å². The van der Waals surface area contributed by atoms with Crippen LogP contribution in [-0.4, -0.2) is 51.4 Å². The number of benzene rings is 1. The molecule has 2 N–H and O–H groups in total. The molecular formula is C17H20ClFN3O3S2+. The number of aryl methyl sites for hydroxylation is 1. The highest BCUT2D eigenvalue weighted by molar-refractivity contribution is 7.91. The van der Waals surface area contributed by atoms with E-state index in [1.54, 1.807) is 12.1 Å². The summed E-state index contributed by atoms with van der Waals surface area (Å²) in [6.07, 6.45) is 0.